The molecule has 1 fully saturated rings. The van der Waals surface area contributed by atoms with Gasteiger partial charge in [-0.3, -0.25) is 4.79 Å². The lowest BCUT2D eigenvalue weighted by Crippen LogP contribution is -2.19. The van der Waals surface area contributed by atoms with Crippen molar-refractivity contribution in [2.24, 2.45) is 5.92 Å². The van der Waals surface area contributed by atoms with Gasteiger partial charge in [0.1, 0.15) is 0 Å². The molecule has 0 spiro atoms. The van der Waals surface area contributed by atoms with Crippen LogP contribution < -0.4 is 0 Å². The Labute approximate surface area is 66.8 Å². The molecule has 0 saturated heterocycles. The van der Waals surface area contributed by atoms with Crippen LogP contribution in [0.1, 0.15) is 32.6 Å². The molecule has 0 bridgehead atoms. The van der Waals surface area contributed by atoms with Crippen molar-refractivity contribution >= 4 is 17.4 Å². The largest absolute Gasteiger partial charge is 0.298 e. The lowest BCUT2D eigenvalue weighted by molar-refractivity contribution is -0.122. The second-order valence-corrected chi connectivity index (χ2v) is 3.65. The highest BCUT2D eigenvalue weighted by molar-refractivity contribution is 6.31. The molecule has 0 aromatic rings. The normalized spacial score (nSPS) is 23.0. The van der Waals surface area contributed by atoms with Gasteiger partial charge in [0.05, 0.1) is 5.38 Å². The maximum atomic E-state index is 11.2. The Kier molecular flexibility index (Phi) is 2.72. The second kappa shape index (κ2) is 3.38. The van der Waals surface area contributed by atoms with E-state index in [1.165, 1.54) is 12.8 Å². The summed E-state index contributed by atoms with van der Waals surface area (Å²) >= 11 is 5.66. The summed E-state index contributed by atoms with van der Waals surface area (Å²) in [7, 11) is 0. The van der Waals surface area contributed by atoms with Crippen LogP contribution in [0.4, 0.5) is 0 Å². The van der Waals surface area contributed by atoms with E-state index in [9.17, 15) is 4.79 Å². The fourth-order valence-electron chi connectivity index (χ4n) is 1.54. The van der Waals surface area contributed by atoms with Gasteiger partial charge in [0.25, 0.3) is 0 Å². The Morgan fingerprint density at radius 3 is 2.40 bits per heavy atom. The van der Waals surface area contributed by atoms with Crippen molar-refractivity contribution in [3.8, 4) is 0 Å². The standard InChI is InChI=1S/C8H13ClO/c1-6(9)8(10)7-4-2-3-5-7/h6-7H,2-5H2,1H3. The Morgan fingerprint density at radius 2 is 2.00 bits per heavy atom. The van der Waals surface area contributed by atoms with Crippen LogP contribution in [0.15, 0.2) is 0 Å². The Bertz CT molecular complexity index is 125. The number of halogens is 1. The number of rotatable bonds is 2. The fourth-order valence-corrected chi connectivity index (χ4v) is 1.71. The van der Waals surface area contributed by atoms with E-state index in [-0.39, 0.29) is 17.1 Å². The molecule has 1 aliphatic rings. The van der Waals surface area contributed by atoms with Gasteiger partial charge >= 0.3 is 0 Å². The molecular weight excluding hydrogens is 148 g/mol. The Balaban J connectivity index is 2.40. The van der Waals surface area contributed by atoms with Gasteiger partial charge < -0.3 is 0 Å². The van der Waals surface area contributed by atoms with Gasteiger partial charge in [0, 0.05) is 5.92 Å². The Morgan fingerprint density at radius 1 is 1.50 bits per heavy atom. The number of alkyl halides is 1. The van der Waals surface area contributed by atoms with E-state index in [0.717, 1.165) is 12.8 Å². The molecule has 1 nitrogen and oxygen atoms in total. The molecule has 0 amide bonds. The first-order valence-corrected chi connectivity index (χ1v) is 4.33. The third-order valence-electron chi connectivity index (χ3n) is 2.15. The molecule has 58 valence electrons. The molecule has 0 N–H and O–H groups in total. The van der Waals surface area contributed by atoms with Crippen molar-refractivity contribution in [3.05, 3.63) is 0 Å². The van der Waals surface area contributed by atoms with E-state index >= 15 is 0 Å². The van der Waals surface area contributed by atoms with Crippen molar-refractivity contribution in [1.29, 1.82) is 0 Å². The van der Waals surface area contributed by atoms with Crippen LogP contribution in [0, 0.1) is 5.92 Å². The molecule has 1 rings (SSSR count). The molecule has 10 heavy (non-hydrogen) atoms. The highest BCUT2D eigenvalue weighted by atomic mass is 35.5. The second-order valence-electron chi connectivity index (χ2n) is 3.00. The van der Waals surface area contributed by atoms with Gasteiger partial charge in [-0.2, -0.15) is 0 Å². The van der Waals surface area contributed by atoms with Crippen molar-refractivity contribution in [2.75, 3.05) is 0 Å². The van der Waals surface area contributed by atoms with Crippen LogP contribution in [-0.4, -0.2) is 11.2 Å². The zero-order chi connectivity index (χ0) is 7.56. The number of Topliss-reactive ketones (excluding diaryl/α,β-unsaturated/α-hetero) is 1. The SMILES string of the molecule is CC(Cl)C(=O)C1CCCC1. The lowest BCUT2D eigenvalue weighted by atomic mass is 10.0. The lowest BCUT2D eigenvalue weighted by Gasteiger charge is -2.07. The summed E-state index contributed by atoms with van der Waals surface area (Å²) in [6.45, 7) is 1.77. The fraction of sp³-hybridized carbons (Fsp3) is 0.875. The number of ketones is 1. The summed E-state index contributed by atoms with van der Waals surface area (Å²) in [5.74, 6) is 0.534. The average Bonchev–Trinajstić information content (AvgIpc) is 2.36. The summed E-state index contributed by atoms with van der Waals surface area (Å²) in [5, 5.41) is -0.275. The minimum absolute atomic E-state index is 0.249. The first-order chi connectivity index (χ1) is 4.72. The minimum Gasteiger partial charge on any atom is -0.298 e. The molecule has 0 radical (unpaired) electrons. The third-order valence-corrected chi connectivity index (χ3v) is 2.36. The molecule has 1 aliphatic carbocycles. The van der Waals surface area contributed by atoms with E-state index in [2.05, 4.69) is 0 Å². The maximum absolute atomic E-state index is 11.2. The molecule has 1 saturated carbocycles. The minimum atomic E-state index is -0.275. The number of carbonyl (C=O) groups excluding carboxylic acids is 1. The highest BCUT2D eigenvalue weighted by Crippen LogP contribution is 2.27. The van der Waals surface area contributed by atoms with E-state index in [4.69, 9.17) is 11.6 Å². The Hall–Kier alpha value is -0.0400. The number of carbonyl (C=O) groups is 1. The zero-order valence-electron chi connectivity index (χ0n) is 6.27. The van der Waals surface area contributed by atoms with Gasteiger partial charge in [0.2, 0.25) is 0 Å². The quantitative estimate of drug-likeness (QED) is 0.567. The summed E-state index contributed by atoms with van der Waals surface area (Å²) < 4.78 is 0. The van der Waals surface area contributed by atoms with Gasteiger partial charge in [0.15, 0.2) is 5.78 Å². The van der Waals surface area contributed by atoms with E-state index in [1.54, 1.807) is 6.92 Å². The van der Waals surface area contributed by atoms with Crippen molar-refractivity contribution in [2.45, 2.75) is 38.0 Å². The van der Waals surface area contributed by atoms with Crippen LogP contribution in [-0.2, 0) is 4.79 Å². The van der Waals surface area contributed by atoms with Crippen molar-refractivity contribution in [1.82, 2.24) is 0 Å². The topological polar surface area (TPSA) is 17.1 Å². The number of hydrogen-bond donors (Lipinski definition) is 0. The van der Waals surface area contributed by atoms with Crippen LogP contribution in [0.5, 0.6) is 0 Å². The molecule has 1 unspecified atom stereocenters. The van der Waals surface area contributed by atoms with Crippen LogP contribution in [0.2, 0.25) is 0 Å². The molecular formula is C8H13ClO. The maximum Gasteiger partial charge on any atom is 0.153 e. The molecule has 0 heterocycles. The summed E-state index contributed by atoms with van der Waals surface area (Å²) in [6.07, 6.45) is 4.55. The van der Waals surface area contributed by atoms with Crippen LogP contribution >= 0.6 is 11.6 Å². The predicted octanol–water partition coefficient (Wildman–Crippen LogP) is 2.37. The summed E-state index contributed by atoms with van der Waals surface area (Å²) in [4.78, 5) is 11.2. The monoisotopic (exact) mass is 160 g/mol. The number of hydrogen-bond acceptors (Lipinski definition) is 1. The van der Waals surface area contributed by atoms with Gasteiger partial charge in [-0.15, -0.1) is 11.6 Å². The predicted molar refractivity (Wildman–Crippen MR) is 42.3 cm³/mol. The van der Waals surface area contributed by atoms with Gasteiger partial charge in [-0.05, 0) is 19.8 Å². The molecule has 0 aromatic carbocycles. The van der Waals surface area contributed by atoms with E-state index < -0.39 is 0 Å². The zero-order valence-corrected chi connectivity index (χ0v) is 7.03. The van der Waals surface area contributed by atoms with Gasteiger partial charge in [-0.25, -0.2) is 0 Å². The van der Waals surface area contributed by atoms with Crippen LogP contribution in [0.3, 0.4) is 0 Å². The smallest absolute Gasteiger partial charge is 0.153 e. The molecule has 1 atom stereocenters. The van der Waals surface area contributed by atoms with Gasteiger partial charge in [-0.1, -0.05) is 12.8 Å². The van der Waals surface area contributed by atoms with Crippen molar-refractivity contribution in [3.63, 3.8) is 0 Å². The molecule has 2 heteroatoms. The summed E-state index contributed by atoms with van der Waals surface area (Å²) in [6, 6.07) is 0. The average molecular weight is 161 g/mol. The molecule has 0 aliphatic heterocycles. The third kappa shape index (κ3) is 1.72. The highest BCUT2D eigenvalue weighted by Gasteiger charge is 2.25. The first-order valence-electron chi connectivity index (χ1n) is 3.89. The van der Waals surface area contributed by atoms with Crippen LogP contribution in [0.25, 0.3) is 0 Å². The van der Waals surface area contributed by atoms with E-state index in [0.29, 0.717) is 0 Å². The van der Waals surface area contributed by atoms with E-state index in [1.807, 2.05) is 0 Å². The first kappa shape index (κ1) is 8.06. The van der Waals surface area contributed by atoms with Crippen molar-refractivity contribution < 1.29 is 4.79 Å². The summed E-state index contributed by atoms with van der Waals surface area (Å²) in [5.41, 5.74) is 0. The molecule has 0 aromatic heterocycles.